The van der Waals surface area contributed by atoms with E-state index < -0.39 is 11.9 Å². The Morgan fingerprint density at radius 2 is 1.68 bits per heavy atom. The summed E-state index contributed by atoms with van der Waals surface area (Å²) in [5, 5.41) is 10.2. The first-order valence-electron chi connectivity index (χ1n) is 5.68. The van der Waals surface area contributed by atoms with Crippen molar-refractivity contribution in [3.05, 3.63) is 60.2 Å². The quantitative estimate of drug-likeness (QED) is 0.674. The Labute approximate surface area is 109 Å². The molecule has 0 saturated carbocycles. The van der Waals surface area contributed by atoms with Crippen molar-refractivity contribution in [2.45, 2.75) is 0 Å². The molecule has 0 atom stereocenters. The summed E-state index contributed by atoms with van der Waals surface area (Å²) < 4.78 is 4.98. The number of carboxylic acid groups (broad SMARTS) is 1. The largest absolute Gasteiger partial charge is 0.478 e. The Morgan fingerprint density at radius 1 is 1.11 bits per heavy atom. The number of hydrogen-bond donors (Lipinski definition) is 1. The second-order valence-corrected chi connectivity index (χ2v) is 3.90. The maximum absolute atomic E-state index is 11.9. The van der Waals surface area contributed by atoms with Crippen LogP contribution >= 0.6 is 0 Å². The molecule has 19 heavy (non-hydrogen) atoms. The van der Waals surface area contributed by atoms with Crippen molar-refractivity contribution < 1.29 is 19.4 Å². The molecule has 0 fully saturated rings. The Hall–Kier alpha value is -2.62. The second-order valence-electron chi connectivity index (χ2n) is 3.90. The summed E-state index contributed by atoms with van der Waals surface area (Å²) in [6.07, 6.45) is 1.48. The van der Waals surface area contributed by atoms with Crippen molar-refractivity contribution in [1.29, 1.82) is 0 Å². The van der Waals surface area contributed by atoms with Gasteiger partial charge in [0, 0.05) is 0 Å². The smallest absolute Gasteiger partial charge is 0.339 e. The van der Waals surface area contributed by atoms with E-state index in [4.69, 9.17) is 9.84 Å². The highest BCUT2D eigenvalue weighted by atomic mass is 16.5. The Bertz CT molecular complexity index is 658. The van der Waals surface area contributed by atoms with E-state index in [1.54, 1.807) is 30.3 Å². The van der Waals surface area contributed by atoms with Gasteiger partial charge in [0.05, 0.1) is 11.1 Å². The van der Waals surface area contributed by atoms with Gasteiger partial charge in [0.2, 0.25) is 0 Å². The molecule has 2 rings (SSSR count). The van der Waals surface area contributed by atoms with E-state index >= 15 is 0 Å². The van der Waals surface area contributed by atoms with Crippen LogP contribution in [0.25, 0.3) is 10.8 Å². The molecule has 0 aliphatic carbocycles. The first kappa shape index (κ1) is 12.8. The van der Waals surface area contributed by atoms with Gasteiger partial charge in [-0.3, -0.25) is 0 Å². The molecule has 0 aliphatic rings. The molecule has 2 aromatic carbocycles. The van der Waals surface area contributed by atoms with Crippen molar-refractivity contribution in [3.8, 4) is 0 Å². The third-order valence-electron chi connectivity index (χ3n) is 2.70. The molecule has 0 heterocycles. The van der Waals surface area contributed by atoms with Gasteiger partial charge >= 0.3 is 11.9 Å². The topological polar surface area (TPSA) is 63.6 Å². The Balaban J connectivity index is 2.58. The number of esters is 1. The lowest BCUT2D eigenvalue weighted by Crippen LogP contribution is -2.06. The molecule has 4 nitrogen and oxygen atoms in total. The van der Waals surface area contributed by atoms with Crippen molar-refractivity contribution in [1.82, 2.24) is 0 Å². The number of carbonyl (C=O) groups is 2. The fourth-order valence-corrected chi connectivity index (χ4v) is 1.89. The normalized spacial score (nSPS) is 10.1. The first-order chi connectivity index (χ1) is 9.15. The Morgan fingerprint density at radius 3 is 2.26 bits per heavy atom. The zero-order valence-electron chi connectivity index (χ0n) is 10.1. The van der Waals surface area contributed by atoms with Crippen LogP contribution in [0.15, 0.2) is 49.1 Å². The molecule has 2 aromatic rings. The van der Waals surface area contributed by atoms with Crippen LogP contribution in [0.2, 0.25) is 0 Å². The third kappa shape index (κ3) is 2.47. The summed E-state index contributed by atoms with van der Waals surface area (Å²) in [5.41, 5.74) is 0.512. The fourth-order valence-electron chi connectivity index (χ4n) is 1.89. The molecule has 0 aromatic heterocycles. The van der Waals surface area contributed by atoms with E-state index in [1.165, 1.54) is 12.1 Å². The number of aromatic carboxylic acids is 1. The van der Waals surface area contributed by atoms with Gasteiger partial charge in [0.15, 0.2) is 0 Å². The van der Waals surface area contributed by atoms with Gasteiger partial charge in [-0.25, -0.2) is 9.59 Å². The summed E-state index contributed by atoms with van der Waals surface area (Å²) >= 11 is 0. The molecule has 0 radical (unpaired) electrons. The molecule has 0 bridgehead atoms. The minimum Gasteiger partial charge on any atom is -0.478 e. The van der Waals surface area contributed by atoms with Crippen molar-refractivity contribution in [2.75, 3.05) is 6.61 Å². The number of benzene rings is 2. The highest BCUT2D eigenvalue weighted by molar-refractivity contribution is 6.10. The van der Waals surface area contributed by atoms with Gasteiger partial charge in [-0.15, -0.1) is 0 Å². The van der Waals surface area contributed by atoms with E-state index in [9.17, 15) is 9.59 Å². The van der Waals surface area contributed by atoms with Crippen molar-refractivity contribution >= 4 is 22.7 Å². The second kappa shape index (κ2) is 5.35. The molecular formula is C15H12O4. The number of fused-ring (bicyclic) bond motifs is 1. The highest BCUT2D eigenvalue weighted by Gasteiger charge is 2.14. The number of ether oxygens (including phenoxy) is 1. The summed E-state index contributed by atoms with van der Waals surface area (Å²) in [5.74, 6) is -1.52. The van der Waals surface area contributed by atoms with Gasteiger partial charge in [-0.1, -0.05) is 36.9 Å². The molecule has 0 unspecified atom stereocenters. The summed E-state index contributed by atoms with van der Waals surface area (Å²) in [6.45, 7) is 3.59. The van der Waals surface area contributed by atoms with Crippen LogP contribution in [-0.2, 0) is 4.74 Å². The molecule has 0 amide bonds. The highest BCUT2D eigenvalue weighted by Crippen LogP contribution is 2.23. The number of carboxylic acids is 1. The fraction of sp³-hybridized carbons (Fsp3) is 0.0667. The van der Waals surface area contributed by atoms with Crippen LogP contribution < -0.4 is 0 Å². The van der Waals surface area contributed by atoms with E-state index in [0.29, 0.717) is 16.3 Å². The molecule has 96 valence electrons. The number of hydrogen-bond acceptors (Lipinski definition) is 3. The molecule has 0 spiro atoms. The number of carbonyl (C=O) groups excluding carboxylic acids is 1. The van der Waals surface area contributed by atoms with Gasteiger partial charge in [0.25, 0.3) is 0 Å². The minimum atomic E-state index is -1.03. The molecule has 4 heteroatoms. The van der Waals surface area contributed by atoms with Crippen molar-refractivity contribution in [2.24, 2.45) is 0 Å². The first-order valence-corrected chi connectivity index (χ1v) is 5.68. The van der Waals surface area contributed by atoms with Crippen LogP contribution in [0.1, 0.15) is 20.7 Å². The third-order valence-corrected chi connectivity index (χ3v) is 2.70. The lowest BCUT2D eigenvalue weighted by atomic mass is 10.00. The monoisotopic (exact) mass is 256 g/mol. The molecular weight excluding hydrogens is 244 g/mol. The Kier molecular flexibility index (Phi) is 3.61. The van der Waals surface area contributed by atoms with Crippen LogP contribution in [0.5, 0.6) is 0 Å². The lowest BCUT2D eigenvalue weighted by Gasteiger charge is -2.07. The van der Waals surface area contributed by atoms with E-state index in [1.807, 2.05) is 0 Å². The van der Waals surface area contributed by atoms with E-state index in [0.717, 1.165) is 0 Å². The van der Waals surface area contributed by atoms with Crippen LogP contribution in [0.4, 0.5) is 0 Å². The van der Waals surface area contributed by atoms with Crippen LogP contribution in [0, 0.1) is 0 Å². The molecule has 0 saturated heterocycles. The SMILES string of the molecule is C=CCOC(=O)c1cccc2c(C(=O)O)cccc12. The van der Waals surface area contributed by atoms with E-state index in [-0.39, 0.29) is 12.2 Å². The van der Waals surface area contributed by atoms with Crippen LogP contribution in [0.3, 0.4) is 0 Å². The van der Waals surface area contributed by atoms with Gasteiger partial charge < -0.3 is 9.84 Å². The molecule has 1 N–H and O–H groups in total. The standard InChI is InChI=1S/C15H12O4/c1-2-9-19-15(18)13-8-4-5-10-11(13)6-3-7-12(10)14(16)17/h2-8H,1,9H2,(H,16,17). The summed E-state index contributed by atoms with van der Waals surface area (Å²) in [4.78, 5) is 23.0. The lowest BCUT2D eigenvalue weighted by molar-refractivity contribution is 0.0551. The maximum atomic E-state index is 11.9. The average molecular weight is 256 g/mol. The van der Waals surface area contributed by atoms with Crippen LogP contribution in [-0.4, -0.2) is 23.7 Å². The maximum Gasteiger partial charge on any atom is 0.339 e. The van der Waals surface area contributed by atoms with Crippen molar-refractivity contribution in [3.63, 3.8) is 0 Å². The van der Waals surface area contributed by atoms with E-state index in [2.05, 4.69) is 6.58 Å². The number of rotatable bonds is 4. The summed E-state index contributed by atoms with van der Waals surface area (Å²) in [6, 6.07) is 9.73. The van der Waals surface area contributed by atoms with Gasteiger partial charge in [-0.2, -0.15) is 0 Å². The summed E-state index contributed by atoms with van der Waals surface area (Å²) in [7, 11) is 0. The van der Waals surface area contributed by atoms with Gasteiger partial charge in [0.1, 0.15) is 6.61 Å². The predicted octanol–water partition coefficient (Wildman–Crippen LogP) is 2.88. The predicted molar refractivity (Wildman–Crippen MR) is 71.4 cm³/mol. The zero-order valence-corrected chi connectivity index (χ0v) is 10.1. The van der Waals surface area contributed by atoms with Gasteiger partial charge in [-0.05, 0) is 22.9 Å². The minimum absolute atomic E-state index is 0.119. The average Bonchev–Trinajstić information content (AvgIpc) is 2.43. The molecule has 0 aliphatic heterocycles. The zero-order chi connectivity index (χ0) is 13.8.